The Morgan fingerprint density at radius 3 is 2.22 bits per heavy atom. The monoisotopic (exact) mass is 262 g/mol. The number of halogens is 1. The largest absolute Gasteiger partial charge is 0.455 e. The summed E-state index contributed by atoms with van der Waals surface area (Å²) in [6.45, 7) is 5.25. The molecule has 0 N–H and O–H groups in total. The van der Waals surface area contributed by atoms with Crippen LogP contribution in [0.4, 0.5) is 4.39 Å². The van der Waals surface area contributed by atoms with Gasteiger partial charge in [0.15, 0.2) is 6.10 Å². The highest BCUT2D eigenvalue weighted by molar-refractivity contribution is 5.67. The van der Waals surface area contributed by atoms with Gasteiger partial charge in [-0.2, -0.15) is 0 Å². The van der Waals surface area contributed by atoms with Crippen LogP contribution < -0.4 is 0 Å². The molecule has 0 aromatic heterocycles. The molecular formula is C12H19FO5. The molecule has 1 unspecified atom stereocenters. The molecule has 4 atom stereocenters. The van der Waals surface area contributed by atoms with Crippen LogP contribution in [-0.2, 0) is 23.8 Å². The van der Waals surface area contributed by atoms with Crippen molar-refractivity contribution in [2.75, 3.05) is 6.67 Å². The standard InChI is InChI=1S/C12H19FO5/c1-5-12(6-13)7(2)10(16-8(3)14)11(18-12)17-9(4)15/h7,10-11H,5-6H2,1-4H3/t7-,10+,11?,12-/m0/s1. The smallest absolute Gasteiger partial charge is 0.305 e. The van der Waals surface area contributed by atoms with E-state index in [1.165, 1.54) is 13.8 Å². The third-order valence-electron chi connectivity index (χ3n) is 3.35. The average molecular weight is 262 g/mol. The number of hydrogen-bond donors (Lipinski definition) is 0. The Hall–Kier alpha value is -1.17. The van der Waals surface area contributed by atoms with Crippen molar-refractivity contribution < 1.29 is 28.2 Å². The van der Waals surface area contributed by atoms with Crippen LogP contribution in [0.2, 0.25) is 0 Å². The molecule has 0 saturated carbocycles. The van der Waals surface area contributed by atoms with Gasteiger partial charge in [0.1, 0.15) is 12.3 Å². The van der Waals surface area contributed by atoms with Crippen molar-refractivity contribution in [1.82, 2.24) is 0 Å². The zero-order valence-corrected chi connectivity index (χ0v) is 11.1. The second-order valence-corrected chi connectivity index (χ2v) is 4.51. The highest BCUT2D eigenvalue weighted by Crippen LogP contribution is 2.41. The van der Waals surface area contributed by atoms with Crippen LogP contribution in [-0.4, -0.2) is 36.6 Å². The Balaban J connectivity index is 2.94. The molecule has 1 saturated heterocycles. The number of carbonyl (C=O) groups is 2. The van der Waals surface area contributed by atoms with Crippen LogP contribution >= 0.6 is 0 Å². The SMILES string of the molecule is CC[C@@]1(CF)OC(OC(C)=O)[C@H](OC(C)=O)[C@@H]1C. The van der Waals surface area contributed by atoms with E-state index in [-0.39, 0.29) is 5.92 Å². The summed E-state index contributed by atoms with van der Waals surface area (Å²) < 4.78 is 28.7. The molecule has 1 rings (SSSR count). The minimum Gasteiger partial charge on any atom is -0.455 e. The first-order chi connectivity index (χ1) is 8.36. The van der Waals surface area contributed by atoms with Gasteiger partial charge < -0.3 is 14.2 Å². The van der Waals surface area contributed by atoms with Gasteiger partial charge in [0.05, 0.1) is 0 Å². The molecule has 5 nitrogen and oxygen atoms in total. The Bertz CT molecular complexity index is 326. The zero-order chi connectivity index (χ0) is 13.9. The fraction of sp³-hybridized carbons (Fsp3) is 0.833. The number of rotatable bonds is 4. The Kier molecular flexibility index (Phi) is 4.67. The predicted octanol–water partition coefficient (Wildman–Crippen LogP) is 1.59. The maximum absolute atomic E-state index is 13.2. The van der Waals surface area contributed by atoms with Gasteiger partial charge in [-0.05, 0) is 6.42 Å². The van der Waals surface area contributed by atoms with Gasteiger partial charge in [-0.1, -0.05) is 13.8 Å². The van der Waals surface area contributed by atoms with Crippen molar-refractivity contribution in [2.45, 2.75) is 52.1 Å². The molecular weight excluding hydrogens is 243 g/mol. The minimum atomic E-state index is -1.07. The number of hydrogen-bond acceptors (Lipinski definition) is 5. The van der Waals surface area contributed by atoms with E-state index in [4.69, 9.17) is 14.2 Å². The number of carbonyl (C=O) groups excluding carboxylic acids is 2. The van der Waals surface area contributed by atoms with E-state index >= 15 is 0 Å². The molecule has 104 valence electrons. The third-order valence-corrected chi connectivity index (χ3v) is 3.35. The summed E-state index contributed by atoms with van der Waals surface area (Å²) in [6, 6.07) is 0. The second-order valence-electron chi connectivity index (χ2n) is 4.51. The number of alkyl halides is 1. The van der Waals surface area contributed by atoms with Crippen molar-refractivity contribution in [2.24, 2.45) is 5.92 Å². The molecule has 6 heteroatoms. The van der Waals surface area contributed by atoms with E-state index in [0.717, 1.165) is 0 Å². The van der Waals surface area contributed by atoms with E-state index in [0.29, 0.717) is 6.42 Å². The van der Waals surface area contributed by atoms with Crippen molar-refractivity contribution in [1.29, 1.82) is 0 Å². The number of esters is 2. The van der Waals surface area contributed by atoms with Gasteiger partial charge in [-0.25, -0.2) is 4.39 Å². The lowest BCUT2D eigenvalue weighted by atomic mass is 9.86. The van der Waals surface area contributed by atoms with Crippen LogP contribution in [0.25, 0.3) is 0 Å². The maximum atomic E-state index is 13.2. The van der Waals surface area contributed by atoms with Crippen molar-refractivity contribution in [3.8, 4) is 0 Å². The van der Waals surface area contributed by atoms with Crippen molar-refractivity contribution in [3.05, 3.63) is 0 Å². The van der Waals surface area contributed by atoms with Crippen LogP contribution in [0.5, 0.6) is 0 Å². The zero-order valence-electron chi connectivity index (χ0n) is 11.1. The molecule has 18 heavy (non-hydrogen) atoms. The van der Waals surface area contributed by atoms with Crippen molar-refractivity contribution >= 4 is 11.9 Å². The first-order valence-corrected chi connectivity index (χ1v) is 5.94. The predicted molar refractivity (Wildman–Crippen MR) is 60.4 cm³/mol. The summed E-state index contributed by atoms with van der Waals surface area (Å²) in [6.07, 6.45) is -1.42. The van der Waals surface area contributed by atoms with Gasteiger partial charge >= 0.3 is 11.9 Å². The molecule has 1 heterocycles. The topological polar surface area (TPSA) is 61.8 Å². The Labute approximate surface area is 106 Å². The molecule has 0 spiro atoms. The normalized spacial score (nSPS) is 35.3. The molecule has 0 bridgehead atoms. The van der Waals surface area contributed by atoms with Crippen LogP contribution in [0.1, 0.15) is 34.1 Å². The molecule has 0 aromatic rings. The quantitative estimate of drug-likeness (QED) is 0.720. The summed E-state index contributed by atoms with van der Waals surface area (Å²) in [5, 5.41) is 0. The Morgan fingerprint density at radius 2 is 1.83 bits per heavy atom. The average Bonchev–Trinajstić information content (AvgIpc) is 2.53. The first kappa shape index (κ1) is 14.9. The molecule has 0 aliphatic carbocycles. The van der Waals surface area contributed by atoms with Gasteiger partial charge in [0.2, 0.25) is 6.29 Å². The van der Waals surface area contributed by atoms with Crippen LogP contribution in [0.15, 0.2) is 0 Å². The van der Waals surface area contributed by atoms with Gasteiger partial charge in [0, 0.05) is 19.8 Å². The fourth-order valence-electron chi connectivity index (χ4n) is 2.20. The van der Waals surface area contributed by atoms with Crippen molar-refractivity contribution in [3.63, 3.8) is 0 Å². The molecule has 1 aliphatic rings. The molecule has 0 amide bonds. The van der Waals surface area contributed by atoms with Gasteiger partial charge in [-0.15, -0.1) is 0 Å². The van der Waals surface area contributed by atoms with E-state index in [9.17, 15) is 14.0 Å². The van der Waals surface area contributed by atoms with E-state index < -0.39 is 36.6 Å². The lowest BCUT2D eigenvalue weighted by Crippen LogP contribution is -2.39. The second kappa shape index (κ2) is 5.65. The summed E-state index contributed by atoms with van der Waals surface area (Å²) >= 11 is 0. The first-order valence-electron chi connectivity index (χ1n) is 5.94. The third kappa shape index (κ3) is 2.80. The van der Waals surface area contributed by atoms with Gasteiger partial charge in [0.25, 0.3) is 0 Å². The minimum absolute atomic E-state index is 0.388. The van der Waals surface area contributed by atoms with E-state index in [1.807, 2.05) is 0 Å². The number of ether oxygens (including phenoxy) is 3. The van der Waals surface area contributed by atoms with E-state index in [2.05, 4.69) is 0 Å². The summed E-state index contributed by atoms with van der Waals surface area (Å²) in [4.78, 5) is 22.0. The lowest BCUT2D eigenvalue weighted by Gasteiger charge is -2.28. The molecule has 1 aliphatic heterocycles. The summed E-state index contributed by atoms with van der Waals surface area (Å²) in [5.74, 6) is -1.46. The molecule has 0 radical (unpaired) electrons. The summed E-state index contributed by atoms with van der Waals surface area (Å²) in [7, 11) is 0. The highest BCUT2D eigenvalue weighted by Gasteiger charge is 2.55. The van der Waals surface area contributed by atoms with E-state index in [1.54, 1.807) is 13.8 Å². The molecule has 0 aromatic carbocycles. The maximum Gasteiger partial charge on any atom is 0.305 e. The fourth-order valence-corrected chi connectivity index (χ4v) is 2.20. The Morgan fingerprint density at radius 1 is 1.28 bits per heavy atom. The lowest BCUT2D eigenvalue weighted by molar-refractivity contribution is -0.206. The van der Waals surface area contributed by atoms with Gasteiger partial charge in [-0.3, -0.25) is 9.59 Å². The van der Waals surface area contributed by atoms with Crippen LogP contribution in [0, 0.1) is 5.92 Å². The highest BCUT2D eigenvalue weighted by atomic mass is 19.1. The summed E-state index contributed by atoms with van der Waals surface area (Å²) in [5.41, 5.74) is -1.07. The van der Waals surface area contributed by atoms with Crippen LogP contribution in [0.3, 0.4) is 0 Å². The molecule has 1 fully saturated rings.